The van der Waals surface area contributed by atoms with Crippen LogP contribution in [0, 0.1) is 0 Å². The van der Waals surface area contributed by atoms with Crippen molar-refractivity contribution in [1.82, 2.24) is 5.32 Å². The standard InChI is InChI=1S/C12H17NO3S/c1-12(2,17-3)7-13-11(16)8-4-9(14)6-10(15)5-8/h4-6,14-15H,7H2,1-3H3,(H,13,16). The Labute approximate surface area is 105 Å². The number of carbonyl (C=O) groups is 1. The maximum Gasteiger partial charge on any atom is 0.251 e. The van der Waals surface area contributed by atoms with Crippen LogP contribution in [0.25, 0.3) is 0 Å². The molecule has 0 aliphatic heterocycles. The highest BCUT2D eigenvalue weighted by molar-refractivity contribution is 7.99. The van der Waals surface area contributed by atoms with E-state index in [-0.39, 0.29) is 27.7 Å². The van der Waals surface area contributed by atoms with Crippen molar-refractivity contribution in [2.75, 3.05) is 12.8 Å². The highest BCUT2D eigenvalue weighted by atomic mass is 32.2. The van der Waals surface area contributed by atoms with E-state index in [1.54, 1.807) is 11.8 Å². The molecule has 1 aromatic rings. The summed E-state index contributed by atoms with van der Waals surface area (Å²) in [6, 6.07) is 3.82. The number of phenols is 2. The third-order valence-electron chi connectivity index (χ3n) is 2.39. The summed E-state index contributed by atoms with van der Waals surface area (Å²) in [4.78, 5) is 11.8. The summed E-state index contributed by atoms with van der Waals surface area (Å²) in [6.07, 6.45) is 1.98. The molecule has 0 spiro atoms. The van der Waals surface area contributed by atoms with Crippen LogP contribution in [0.3, 0.4) is 0 Å². The highest BCUT2D eigenvalue weighted by Crippen LogP contribution is 2.22. The Morgan fingerprint density at radius 3 is 2.29 bits per heavy atom. The fraction of sp³-hybridized carbons (Fsp3) is 0.417. The van der Waals surface area contributed by atoms with Gasteiger partial charge in [-0.2, -0.15) is 11.8 Å². The van der Waals surface area contributed by atoms with Crippen molar-refractivity contribution in [3.05, 3.63) is 23.8 Å². The second-order valence-corrected chi connectivity index (χ2v) is 5.90. The van der Waals surface area contributed by atoms with E-state index in [0.717, 1.165) is 0 Å². The van der Waals surface area contributed by atoms with E-state index in [0.29, 0.717) is 6.54 Å². The maximum absolute atomic E-state index is 11.8. The van der Waals surface area contributed by atoms with Crippen LogP contribution in [0.2, 0.25) is 0 Å². The van der Waals surface area contributed by atoms with Crippen LogP contribution in [0.1, 0.15) is 24.2 Å². The van der Waals surface area contributed by atoms with Crippen LogP contribution in [0.4, 0.5) is 0 Å². The van der Waals surface area contributed by atoms with Gasteiger partial charge in [-0.25, -0.2) is 0 Å². The number of thioether (sulfide) groups is 1. The summed E-state index contributed by atoms with van der Waals surface area (Å²) in [5.41, 5.74) is 0.249. The smallest absolute Gasteiger partial charge is 0.251 e. The molecule has 0 atom stereocenters. The predicted molar refractivity (Wildman–Crippen MR) is 69.7 cm³/mol. The lowest BCUT2D eigenvalue weighted by molar-refractivity contribution is 0.0950. The molecule has 0 aromatic heterocycles. The van der Waals surface area contributed by atoms with Crippen LogP contribution >= 0.6 is 11.8 Å². The van der Waals surface area contributed by atoms with Gasteiger partial charge >= 0.3 is 0 Å². The fourth-order valence-corrected chi connectivity index (χ4v) is 1.41. The average molecular weight is 255 g/mol. The minimum Gasteiger partial charge on any atom is -0.508 e. The van der Waals surface area contributed by atoms with Gasteiger partial charge < -0.3 is 15.5 Å². The minimum absolute atomic E-state index is 0.0471. The molecule has 0 unspecified atom stereocenters. The fourth-order valence-electron chi connectivity index (χ4n) is 1.19. The minimum atomic E-state index is -0.307. The molecule has 4 nitrogen and oxygen atoms in total. The molecule has 1 amide bonds. The van der Waals surface area contributed by atoms with Gasteiger partial charge in [0.15, 0.2) is 0 Å². The number of carbonyl (C=O) groups excluding carboxylic acids is 1. The number of hydrogen-bond donors (Lipinski definition) is 3. The molecule has 0 saturated carbocycles. The van der Waals surface area contributed by atoms with Gasteiger partial charge in [0, 0.05) is 22.9 Å². The summed E-state index contributed by atoms with van der Waals surface area (Å²) in [7, 11) is 0. The van der Waals surface area contributed by atoms with Crippen LogP contribution in [-0.4, -0.2) is 33.7 Å². The van der Waals surface area contributed by atoms with Crippen molar-refractivity contribution >= 4 is 17.7 Å². The molecule has 0 bridgehead atoms. The molecular weight excluding hydrogens is 238 g/mol. The normalized spacial score (nSPS) is 11.2. The van der Waals surface area contributed by atoms with E-state index in [1.165, 1.54) is 18.2 Å². The largest absolute Gasteiger partial charge is 0.508 e. The van der Waals surface area contributed by atoms with Gasteiger partial charge in [0.2, 0.25) is 0 Å². The van der Waals surface area contributed by atoms with Crippen molar-refractivity contribution < 1.29 is 15.0 Å². The number of amides is 1. The molecule has 0 aliphatic rings. The third-order valence-corrected chi connectivity index (χ3v) is 3.64. The molecule has 0 heterocycles. The quantitative estimate of drug-likeness (QED) is 0.769. The summed E-state index contributed by atoms with van der Waals surface area (Å²) >= 11 is 1.66. The lowest BCUT2D eigenvalue weighted by Crippen LogP contribution is -2.36. The van der Waals surface area contributed by atoms with Gasteiger partial charge in [-0.05, 0) is 32.2 Å². The van der Waals surface area contributed by atoms with Gasteiger partial charge in [0.25, 0.3) is 5.91 Å². The van der Waals surface area contributed by atoms with E-state index >= 15 is 0 Å². The zero-order valence-electron chi connectivity index (χ0n) is 10.2. The Hall–Kier alpha value is -1.36. The first-order chi connectivity index (χ1) is 7.84. The molecule has 17 heavy (non-hydrogen) atoms. The second-order valence-electron chi connectivity index (χ2n) is 4.38. The summed E-state index contributed by atoms with van der Waals surface area (Å²) in [6.45, 7) is 4.57. The summed E-state index contributed by atoms with van der Waals surface area (Å²) in [5, 5.41) is 21.3. The molecule has 0 aliphatic carbocycles. The van der Waals surface area contributed by atoms with Crippen molar-refractivity contribution in [1.29, 1.82) is 0 Å². The summed E-state index contributed by atoms with van der Waals surface area (Å²) < 4.78 is -0.0471. The first-order valence-corrected chi connectivity index (χ1v) is 6.43. The first-order valence-electron chi connectivity index (χ1n) is 5.20. The van der Waals surface area contributed by atoms with Gasteiger partial charge in [-0.1, -0.05) is 0 Å². The lowest BCUT2D eigenvalue weighted by atomic mass is 10.1. The van der Waals surface area contributed by atoms with E-state index in [1.807, 2.05) is 20.1 Å². The molecular formula is C12H17NO3S. The van der Waals surface area contributed by atoms with Gasteiger partial charge in [-0.3, -0.25) is 4.79 Å². The predicted octanol–water partition coefficient (Wildman–Crippen LogP) is 1.97. The molecule has 5 heteroatoms. The van der Waals surface area contributed by atoms with E-state index in [4.69, 9.17) is 0 Å². The van der Waals surface area contributed by atoms with Crippen LogP contribution in [0.15, 0.2) is 18.2 Å². The number of phenolic OH excluding ortho intramolecular Hbond substituents is 2. The molecule has 0 radical (unpaired) electrons. The zero-order valence-corrected chi connectivity index (χ0v) is 11.0. The van der Waals surface area contributed by atoms with Crippen molar-refractivity contribution in [2.45, 2.75) is 18.6 Å². The van der Waals surface area contributed by atoms with Crippen molar-refractivity contribution in [3.8, 4) is 11.5 Å². The zero-order chi connectivity index (χ0) is 13.1. The Morgan fingerprint density at radius 1 is 1.29 bits per heavy atom. The number of hydrogen-bond acceptors (Lipinski definition) is 4. The number of nitrogens with one attached hydrogen (secondary N) is 1. The molecule has 1 rings (SSSR count). The van der Waals surface area contributed by atoms with E-state index < -0.39 is 0 Å². The third kappa shape index (κ3) is 4.19. The van der Waals surface area contributed by atoms with Crippen LogP contribution in [0.5, 0.6) is 11.5 Å². The highest BCUT2D eigenvalue weighted by Gasteiger charge is 2.17. The lowest BCUT2D eigenvalue weighted by Gasteiger charge is -2.22. The Morgan fingerprint density at radius 2 is 1.82 bits per heavy atom. The summed E-state index contributed by atoms with van der Waals surface area (Å²) in [5.74, 6) is -0.558. The van der Waals surface area contributed by atoms with E-state index in [2.05, 4.69) is 5.32 Å². The SMILES string of the molecule is CSC(C)(C)CNC(=O)c1cc(O)cc(O)c1. The topological polar surface area (TPSA) is 69.6 Å². The average Bonchev–Trinajstić information content (AvgIpc) is 2.24. The second kappa shape index (κ2) is 5.31. The Bertz CT molecular complexity index is 398. The number of rotatable bonds is 4. The molecule has 0 saturated heterocycles. The molecule has 94 valence electrons. The van der Waals surface area contributed by atoms with Crippen LogP contribution < -0.4 is 5.32 Å². The molecule has 0 fully saturated rings. The van der Waals surface area contributed by atoms with Gasteiger partial charge in [-0.15, -0.1) is 0 Å². The number of aromatic hydroxyl groups is 2. The number of benzene rings is 1. The first kappa shape index (κ1) is 13.7. The maximum atomic E-state index is 11.8. The van der Waals surface area contributed by atoms with Crippen molar-refractivity contribution in [2.24, 2.45) is 0 Å². The Kier molecular flexibility index (Phi) is 4.28. The molecule has 3 N–H and O–H groups in total. The van der Waals surface area contributed by atoms with Gasteiger partial charge in [0.1, 0.15) is 11.5 Å². The van der Waals surface area contributed by atoms with Crippen molar-refractivity contribution in [3.63, 3.8) is 0 Å². The molecule has 1 aromatic carbocycles. The van der Waals surface area contributed by atoms with Crippen LogP contribution in [-0.2, 0) is 0 Å². The van der Waals surface area contributed by atoms with Gasteiger partial charge in [0.05, 0.1) is 0 Å². The van der Waals surface area contributed by atoms with E-state index in [9.17, 15) is 15.0 Å². The Balaban J connectivity index is 2.70. The monoisotopic (exact) mass is 255 g/mol.